The fourth-order valence-electron chi connectivity index (χ4n) is 3.61. The van der Waals surface area contributed by atoms with Crippen LogP contribution in [-0.2, 0) is 18.3 Å². The highest BCUT2D eigenvalue weighted by atomic mass is 16.5. The highest BCUT2D eigenvalue weighted by Gasteiger charge is 2.37. The molecule has 1 atom stereocenters. The summed E-state index contributed by atoms with van der Waals surface area (Å²) >= 11 is 0. The van der Waals surface area contributed by atoms with Crippen molar-refractivity contribution in [3.05, 3.63) is 75.4 Å². The fraction of sp³-hybridized carbons (Fsp3) is 0.435. The molecular formula is C23H26N2O4. The van der Waals surface area contributed by atoms with Gasteiger partial charge in [-0.1, -0.05) is 56.3 Å². The van der Waals surface area contributed by atoms with Gasteiger partial charge in [-0.3, -0.25) is 0 Å². The minimum Gasteiger partial charge on any atom is -0.507 e. The predicted octanol–water partition coefficient (Wildman–Crippen LogP) is 4.35. The maximum absolute atomic E-state index is 12.8. The Kier molecular flexibility index (Phi) is 5.03. The maximum atomic E-state index is 12.8. The van der Waals surface area contributed by atoms with Crippen molar-refractivity contribution in [2.24, 2.45) is 5.92 Å². The van der Waals surface area contributed by atoms with E-state index in [0.29, 0.717) is 41.8 Å². The van der Waals surface area contributed by atoms with E-state index in [0.717, 1.165) is 18.4 Å². The molecule has 2 heterocycles. The Balaban J connectivity index is 1.56. The van der Waals surface area contributed by atoms with E-state index < -0.39 is 5.63 Å². The van der Waals surface area contributed by atoms with E-state index in [1.165, 1.54) is 0 Å². The second kappa shape index (κ2) is 7.50. The van der Waals surface area contributed by atoms with Crippen LogP contribution in [0.15, 0.2) is 50.1 Å². The van der Waals surface area contributed by atoms with Crippen LogP contribution in [-0.4, -0.2) is 15.2 Å². The van der Waals surface area contributed by atoms with E-state index >= 15 is 0 Å². The number of hydrogen-bond acceptors (Lipinski definition) is 6. The van der Waals surface area contributed by atoms with Gasteiger partial charge in [0.25, 0.3) is 0 Å². The van der Waals surface area contributed by atoms with Crippen molar-refractivity contribution in [2.45, 2.75) is 57.8 Å². The average Bonchev–Trinajstić information content (AvgIpc) is 3.38. The van der Waals surface area contributed by atoms with E-state index in [1.807, 2.05) is 51.1 Å². The van der Waals surface area contributed by atoms with Gasteiger partial charge in [0.15, 0.2) is 5.82 Å². The molecule has 3 aromatic rings. The molecule has 0 bridgehead atoms. The Hall–Kier alpha value is -2.89. The summed E-state index contributed by atoms with van der Waals surface area (Å²) in [5.41, 5.74) is 0.709. The molecule has 1 aliphatic carbocycles. The summed E-state index contributed by atoms with van der Waals surface area (Å²) in [6.45, 7) is 6.01. The first-order chi connectivity index (χ1) is 13.8. The molecule has 0 saturated heterocycles. The second-order valence-electron chi connectivity index (χ2n) is 8.79. The maximum Gasteiger partial charge on any atom is 0.343 e. The van der Waals surface area contributed by atoms with Gasteiger partial charge in [0.2, 0.25) is 5.89 Å². The Labute approximate surface area is 169 Å². The Morgan fingerprint density at radius 2 is 1.90 bits per heavy atom. The third kappa shape index (κ3) is 4.26. The molecule has 1 aromatic carbocycles. The van der Waals surface area contributed by atoms with Crippen LogP contribution in [0.25, 0.3) is 0 Å². The number of rotatable bonds is 6. The number of aryl methyl sites for hydroxylation is 2. The predicted molar refractivity (Wildman–Crippen MR) is 108 cm³/mol. The quantitative estimate of drug-likeness (QED) is 0.668. The van der Waals surface area contributed by atoms with Crippen LogP contribution < -0.4 is 5.63 Å². The third-order valence-corrected chi connectivity index (χ3v) is 5.29. The smallest absolute Gasteiger partial charge is 0.343 e. The minimum atomic E-state index is -0.468. The summed E-state index contributed by atoms with van der Waals surface area (Å²) in [7, 11) is 0. The van der Waals surface area contributed by atoms with E-state index in [1.54, 1.807) is 6.07 Å². The molecule has 0 spiro atoms. The number of hydrogen-bond donors (Lipinski definition) is 1. The third-order valence-electron chi connectivity index (χ3n) is 5.29. The van der Waals surface area contributed by atoms with Gasteiger partial charge < -0.3 is 14.0 Å². The van der Waals surface area contributed by atoms with Crippen LogP contribution >= 0.6 is 0 Å². The molecular weight excluding hydrogens is 368 g/mol. The summed E-state index contributed by atoms with van der Waals surface area (Å²) in [6, 6.07) is 11.4. The zero-order valence-corrected chi connectivity index (χ0v) is 17.0. The molecule has 1 fully saturated rings. The number of aromatic hydroxyl groups is 1. The molecule has 4 rings (SSSR count). The molecule has 0 radical (unpaired) electrons. The molecule has 152 valence electrons. The first kappa shape index (κ1) is 19.4. The summed E-state index contributed by atoms with van der Waals surface area (Å²) in [6.07, 6.45) is 2.97. The molecule has 1 aliphatic rings. The van der Waals surface area contributed by atoms with E-state index in [4.69, 9.17) is 8.94 Å². The van der Waals surface area contributed by atoms with E-state index in [-0.39, 0.29) is 17.1 Å². The lowest BCUT2D eigenvalue weighted by molar-refractivity contribution is 0.318. The van der Waals surface area contributed by atoms with Gasteiger partial charge in [0.1, 0.15) is 11.5 Å². The number of aromatic nitrogens is 2. The molecule has 1 unspecified atom stereocenters. The van der Waals surface area contributed by atoms with Gasteiger partial charge in [0, 0.05) is 30.2 Å². The lowest BCUT2D eigenvalue weighted by atomic mass is 9.87. The van der Waals surface area contributed by atoms with Crippen molar-refractivity contribution in [1.82, 2.24) is 10.1 Å². The molecule has 6 heteroatoms. The van der Waals surface area contributed by atoms with Crippen LogP contribution in [0, 0.1) is 5.92 Å². The molecule has 6 nitrogen and oxygen atoms in total. The number of benzene rings is 1. The Morgan fingerprint density at radius 3 is 2.48 bits per heavy atom. The van der Waals surface area contributed by atoms with Crippen LogP contribution in [0.2, 0.25) is 0 Å². The second-order valence-corrected chi connectivity index (χ2v) is 8.79. The largest absolute Gasteiger partial charge is 0.507 e. The topological polar surface area (TPSA) is 89.4 Å². The van der Waals surface area contributed by atoms with Gasteiger partial charge in [-0.05, 0) is 24.3 Å². The highest BCUT2D eigenvalue weighted by molar-refractivity contribution is 5.41. The fourth-order valence-corrected chi connectivity index (χ4v) is 3.61. The van der Waals surface area contributed by atoms with Crippen molar-refractivity contribution >= 4 is 0 Å². The molecule has 29 heavy (non-hydrogen) atoms. The summed E-state index contributed by atoms with van der Waals surface area (Å²) in [5.74, 6) is 1.78. The lowest BCUT2D eigenvalue weighted by Gasteiger charge is -2.17. The number of nitrogens with zero attached hydrogens (tertiary/aromatic N) is 2. The van der Waals surface area contributed by atoms with Crippen molar-refractivity contribution in [3.8, 4) is 5.75 Å². The van der Waals surface area contributed by atoms with Crippen LogP contribution in [0.5, 0.6) is 5.75 Å². The average molecular weight is 394 g/mol. The monoisotopic (exact) mass is 394 g/mol. The first-order valence-electron chi connectivity index (χ1n) is 10.1. The highest BCUT2D eigenvalue weighted by Crippen LogP contribution is 2.47. The molecule has 0 amide bonds. The van der Waals surface area contributed by atoms with Crippen molar-refractivity contribution < 1.29 is 14.0 Å². The van der Waals surface area contributed by atoms with Gasteiger partial charge in [-0.25, -0.2) is 4.79 Å². The van der Waals surface area contributed by atoms with Crippen molar-refractivity contribution in [2.75, 3.05) is 0 Å². The molecule has 1 N–H and O–H groups in total. The van der Waals surface area contributed by atoms with Crippen LogP contribution in [0.3, 0.4) is 0 Å². The van der Waals surface area contributed by atoms with Crippen molar-refractivity contribution in [1.29, 1.82) is 0 Å². The summed E-state index contributed by atoms with van der Waals surface area (Å²) in [5, 5.41) is 14.7. The van der Waals surface area contributed by atoms with Gasteiger partial charge in [0.05, 0.1) is 5.56 Å². The zero-order valence-electron chi connectivity index (χ0n) is 17.0. The minimum absolute atomic E-state index is 0.000459. The lowest BCUT2D eigenvalue weighted by Crippen LogP contribution is -2.16. The SMILES string of the molecule is CC(C)(C)c1nc(CCc2cc(O)c(C(c3ccccc3)C3CC3)c(=O)o2)no1. The first-order valence-corrected chi connectivity index (χ1v) is 10.1. The van der Waals surface area contributed by atoms with Crippen LogP contribution in [0.4, 0.5) is 0 Å². The van der Waals surface area contributed by atoms with Crippen molar-refractivity contribution in [3.63, 3.8) is 0 Å². The molecule has 0 aliphatic heterocycles. The normalized spacial score (nSPS) is 15.4. The zero-order chi connectivity index (χ0) is 20.6. The Bertz CT molecular complexity index is 1040. The van der Waals surface area contributed by atoms with E-state index in [9.17, 15) is 9.90 Å². The van der Waals surface area contributed by atoms with E-state index in [2.05, 4.69) is 10.1 Å². The van der Waals surface area contributed by atoms with Gasteiger partial charge in [-0.2, -0.15) is 4.98 Å². The van der Waals surface area contributed by atoms with Gasteiger partial charge in [-0.15, -0.1) is 0 Å². The van der Waals surface area contributed by atoms with Gasteiger partial charge >= 0.3 is 5.63 Å². The molecule has 2 aromatic heterocycles. The standard InChI is InChI=1S/C23H26N2O4/c1-23(2,3)22-24-18(25-29-22)12-11-16-13-17(26)20(21(27)28-16)19(15-9-10-15)14-7-5-4-6-8-14/h4-8,13,15,19,26H,9-12H2,1-3H3. The summed E-state index contributed by atoms with van der Waals surface area (Å²) < 4.78 is 10.9. The Morgan fingerprint density at radius 1 is 1.17 bits per heavy atom. The summed E-state index contributed by atoms with van der Waals surface area (Å²) in [4.78, 5) is 17.2. The molecule has 1 saturated carbocycles. The van der Waals surface area contributed by atoms with Crippen LogP contribution in [0.1, 0.15) is 68.1 Å².